The summed E-state index contributed by atoms with van der Waals surface area (Å²) in [6.45, 7) is 0.568. The molecule has 0 aliphatic rings. The van der Waals surface area contributed by atoms with Gasteiger partial charge in [-0.15, -0.1) is 5.10 Å². The van der Waals surface area contributed by atoms with Gasteiger partial charge in [-0.25, -0.2) is 0 Å². The van der Waals surface area contributed by atoms with Crippen LogP contribution >= 0.6 is 0 Å². The molecule has 7 heteroatoms. The number of amides is 1. The van der Waals surface area contributed by atoms with E-state index in [1.54, 1.807) is 0 Å². The fourth-order valence-corrected chi connectivity index (χ4v) is 2.73. The smallest absolute Gasteiger partial charge is 0.322 e. The lowest BCUT2D eigenvalue weighted by molar-refractivity contribution is -0.114. The molecule has 30 heavy (non-hydrogen) atoms. The molecular formula is C23H20N4O3. The normalized spacial score (nSPS) is 10.4. The van der Waals surface area contributed by atoms with E-state index in [9.17, 15) is 4.79 Å². The summed E-state index contributed by atoms with van der Waals surface area (Å²) < 4.78 is 11.2. The number of hydrogen-bond acceptors (Lipinski definition) is 6. The van der Waals surface area contributed by atoms with E-state index in [1.807, 2.05) is 84.9 Å². The standard InChI is InChI=1S/C23H20N4O3/c28-21(25-23-27-26-22(30-23)18-9-5-2-6-10-18)15-24-19-11-13-20(14-12-19)29-16-17-7-3-1-4-8-17/h1-14,24H,15-16H2,(H,25,27,28). The van der Waals surface area contributed by atoms with Crippen LogP contribution in [0.15, 0.2) is 89.3 Å². The highest BCUT2D eigenvalue weighted by Gasteiger charge is 2.11. The Morgan fingerprint density at radius 2 is 1.57 bits per heavy atom. The lowest BCUT2D eigenvalue weighted by atomic mass is 10.2. The summed E-state index contributed by atoms with van der Waals surface area (Å²) in [5, 5.41) is 13.4. The molecular weight excluding hydrogens is 380 g/mol. The number of benzene rings is 3. The number of hydrogen-bond donors (Lipinski definition) is 2. The number of anilines is 2. The Labute approximate surface area is 173 Å². The average Bonchev–Trinajstić information content (AvgIpc) is 3.27. The molecule has 150 valence electrons. The first-order valence-electron chi connectivity index (χ1n) is 9.46. The Kier molecular flexibility index (Phi) is 6.00. The molecule has 3 aromatic carbocycles. The zero-order chi connectivity index (χ0) is 20.6. The highest BCUT2D eigenvalue weighted by atomic mass is 16.5. The summed E-state index contributed by atoms with van der Waals surface area (Å²) in [6, 6.07) is 26.8. The number of aromatic nitrogens is 2. The van der Waals surface area contributed by atoms with E-state index >= 15 is 0 Å². The first-order valence-corrected chi connectivity index (χ1v) is 9.46. The van der Waals surface area contributed by atoms with E-state index in [4.69, 9.17) is 9.15 Å². The van der Waals surface area contributed by atoms with Crippen molar-refractivity contribution in [1.82, 2.24) is 10.2 Å². The van der Waals surface area contributed by atoms with Gasteiger partial charge in [-0.05, 0) is 42.0 Å². The van der Waals surface area contributed by atoms with Crippen LogP contribution in [0, 0.1) is 0 Å². The van der Waals surface area contributed by atoms with Gasteiger partial charge in [0.2, 0.25) is 11.8 Å². The monoisotopic (exact) mass is 400 g/mol. The predicted molar refractivity (Wildman–Crippen MR) is 114 cm³/mol. The molecule has 0 bridgehead atoms. The van der Waals surface area contributed by atoms with Gasteiger partial charge in [-0.3, -0.25) is 10.1 Å². The SMILES string of the molecule is O=C(CNc1ccc(OCc2ccccc2)cc1)Nc1nnc(-c2ccccc2)o1. The van der Waals surface area contributed by atoms with Crippen molar-refractivity contribution < 1.29 is 13.9 Å². The van der Waals surface area contributed by atoms with Crippen LogP contribution in [0.25, 0.3) is 11.5 Å². The highest BCUT2D eigenvalue weighted by Crippen LogP contribution is 2.19. The predicted octanol–water partition coefficient (Wildman–Crippen LogP) is 4.37. The third kappa shape index (κ3) is 5.23. The topological polar surface area (TPSA) is 89.3 Å². The minimum atomic E-state index is -0.289. The largest absolute Gasteiger partial charge is 0.489 e. The number of ether oxygens (including phenoxy) is 1. The molecule has 4 aromatic rings. The zero-order valence-electron chi connectivity index (χ0n) is 16.1. The summed E-state index contributed by atoms with van der Waals surface area (Å²) in [5.41, 5.74) is 2.69. The van der Waals surface area contributed by atoms with E-state index in [2.05, 4.69) is 20.8 Å². The molecule has 0 saturated heterocycles. The Balaban J connectivity index is 1.24. The molecule has 0 saturated carbocycles. The summed E-state index contributed by atoms with van der Waals surface area (Å²) >= 11 is 0. The van der Waals surface area contributed by atoms with Crippen LogP contribution in [0.3, 0.4) is 0 Å². The van der Waals surface area contributed by atoms with Crippen molar-refractivity contribution in [2.75, 3.05) is 17.2 Å². The van der Waals surface area contributed by atoms with Gasteiger partial charge in [0.05, 0.1) is 6.54 Å². The minimum Gasteiger partial charge on any atom is -0.489 e. The third-order valence-corrected chi connectivity index (χ3v) is 4.25. The second-order valence-corrected chi connectivity index (χ2v) is 6.48. The van der Waals surface area contributed by atoms with Crippen molar-refractivity contribution in [2.24, 2.45) is 0 Å². The molecule has 2 N–H and O–H groups in total. The van der Waals surface area contributed by atoms with Crippen molar-refractivity contribution in [3.05, 3.63) is 90.5 Å². The molecule has 7 nitrogen and oxygen atoms in total. The summed E-state index contributed by atoms with van der Waals surface area (Å²) in [7, 11) is 0. The van der Waals surface area contributed by atoms with Crippen LogP contribution in [0.4, 0.5) is 11.7 Å². The van der Waals surface area contributed by atoms with Crippen molar-refractivity contribution in [3.63, 3.8) is 0 Å². The minimum absolute atomic E-state index is 0.0605. The van der Waals surface area contributed by atoms with Gasteiger partial charge in [-0.1, -0.05) is 53.6 Å². The van der Waals surface area contributed by atoms with Crippen LogP contribution in [0.5, 0.6) is 5.75 Å². The molecule has 0 unspecified atom stereocenters. The number of nitrogens with one attached hydrogen (secondary N) is 2. The summed E-state index contributed by atoms with van der Waals surface area (Å²) in [5.74, 6) is 0.820. The molecule has 1 heterocycles. The van der Waals surface area contributed by atoms with Gasteiger partial charge >= 0.3 is 6.01 Å². The summed E-state index contributed by atoms with van der Waals surface area (Å²) in [6.07, 6.45) is 0. The molecule has 0 radical (unpaired) electrons. The zero-order valence-corrected chi connectivity index (χ0v) is 16.1. The van der Waals surface area contributed by atoms with Gasteiger partial charge in [0, 0.05) is 11.3 Å². The molecule has 1 aromatic heterocycles. The third-order valence-electron chi connectivity index (χ3n) is 4.25. The van der Waals surface area contributed by atoms with Crippen LogP contribution in [-0.2, 0) is 11.4 Å². The number of carbonyl (C=O) groups excluding carboxylic acids is 1. The number of carbonyl (C=O) groups is 1. The molecule has 0 atom stereocenters. The van der Waals surface area contributed by atoms with Crippen molar-refractivity contribution in [2.45, 2.75) is 6.61 Å². The van der Waals surface area contributed by atoms with Gasteiger partial charge in [0.1, 0.15) is 12.4 Å². The lowest BCUT2D eigenvalue weighted by Gasteiger charge is -2.09. The molecule has 4 rings (SSSR count). The van der Waals surface area contributed by atoms with E-state index in [0.29, 0.717) is 12.5 Å². The van der Waals surface area contributed by atoms with Gasteiger partial charge in [-0.2, -0.15) is 0 Å². The average molecular weight is 400 g/mol. The highest BCUT2D eigenvalue weighted by molar-refractivity contribution is 5.91. The maximum atomic E-state index is 12.1. The van der Waals surface area contributed by atoms with E-state index in [-0.39, 0.29) is 18.5 Å². The Bertz CT molecular complexity index is 1080. The molecule has 0 spiro atoms. The molecule has 0 fully saturated rings. The summed E-state index contributed by atoms with van der Waals surface area (Å²) in [4.78, 5) is 12.1. The Hall–Kier alpha value is -4.13. The van der Waals surface area contributed by atoms with E-state index in [0.717, 1.165) is 22.6 Å². The van der Waals surface area contributed by atoms with Crippen molar-refractivity contribution in [1.29, 1.82) is 0 Å². The van der Waals surface area contributed by atoms with Crippen LogP contribution in [-0.4, -0.2) is 22.6 Å². The van der Waals surface area contributed by atoms with Gasteiger partial charge in [0.15, 0.2) is 0 Å². The lowest BCUT2D eigenvalue weighted by Crippen LogP contribution is -2.21. The van der Waals surface area contributed by atoms with E-state index < -0.39 is 0 Å². The second-order valence-electron chi connectivity index (χ2n) is 6.48. The van der Waals surface area contributed by atoms with Crippen molar-refractivity contribution >= 4 is 17.6 Å². The molecule has 1 amide bonds. The molecule has 0 aliphatic heterocycles. The fraction of sp³-hybridized carbons (Fsp3) is 0.0870. The quantitative estimate of drug-likeness (QED) is 0.457. The fourth-order valence-electron chi connectivity index (χ4n) is 2.73. The van der Waals surface area contributed by atoms with E-state index in [1.165, 1.54) is 0 Å². The maximum Gasteiger partial charge on any atom is 0.322 e. The van der Waals surface area contributed by atoms with Gasteiger partial charge in [0.25, 0.3) is 0 Å². The number of nitrogens with zero attached hydrogens (tertiary/aromatic N) is 2. The first-order chi connectivity index (χ1) is 14.8. The first kappa shape index (κ1) is 19.2. The van der Waals surface area contributed by atoms with Crippen LogP contribution in [0.1, 0.15) is 5.56 Å². The van der Waals surface area contributed by atoms with Crippen LogP contribution < -0.4 is 15.4 Å². The Morgan fingerprint density at radius 1 is 0.867 bits per heavy atom. The molecule has 0 aliphatic carbocycles. The van der Waals surface area contributed by atoms with Crippen LogP contribution in [0.2, 0.25) is 0 Å². The number of rotatable bonds is 8. The second kappa shape index (κ2) is 9.38. The van der Waals surface area contributed by atoms with Crippen molar-refractivity contribution in [3.8, 4) is 17.2 Å². The maximum absolute atomic E-state index is 12.1. The Morgan fingerprint density at radius 3 is 2.30 bits per heavy atom. The van der Waals surface area contributed by atoms with Gasteiger partial charge < -0.3 is 14.5 Å².